The molecule has 3 rings (SSSR count). The highest BCUT2D eigenvalue weighted by atomic mass is 16.6. The molecule has 1 aliphatic rings. The molecular weight excluding hydrogens is 346 g/mol. The van der Waals surface area contributed by atoms with Gasteiger partial charge in [0, 0.05) is 44.4 Å². The lowest BCUT2D eigenvalue weighted by molar-refractivity contribution is -0.384. The van der Waals surface area contributed by atoms with E-state index in [1.165, 1.54) is 18.2 Å². The molecule has 140 valence electrons. The molecule has 0 bridgehead atoms. The summed E-state index contributed by atoms with van der Waals surface area (Å²) in [5, 5.41) is 10.8. The average Bonchev–Trinajstić information content (AvgIpc) is 2.72. The third-order valence-electron chi connectivity index (χ3n) is 4.52. The fraction of sp³-hybridized carbons (Fsp3) is 0.250. The van der Waals surface area contributed by atoms with Crippen molar-refractivity contribution < 1.29 is 14.5 Å². The summed E-state index contributed by atoms with van der Waals surface area (Å²) in [6, 6.07) is 14.1. The summed E-state index contributed by atoms with van der Waals surface area (Å²) in [7, 11) is 1.65. The Kier molecular flexibility index (Phi) is 5.71. The minimum atomic E-state index is -0.448. The molecule has 2 aromatic rings. The van der Waals surface area contributed by atoms with Crippen molar-refractivity contribution in [2.45, 2.75) is 0 Å². The third-order valence-corrected chi connectivity index (χ3v) is 4.52. The molecule has 0 aliphatic carbocycles. The van der Waals surface area contributed by atoms with Crippen LogP contribution < -0.4 is 9.64 Å². The fourth-order valence-corrected chi connectivity index (χ4v) is 3.07. The monoisotopic (exact) mass is 367 g/mol. The molecule has 0 saturated carbocycles. The molecule has 0 radical (unpaired) electrons. The van der Waals surface area contributed by atoms with E-state index >= 15 is 0 Å². The Balaban J connectivity index is 1.60. The maximum Gasteiger partial charge on any atom is 0.270 e. The number of benzene rings is 2. The van der Waals surface area contributed by atoms with Gasteiger partial charge in [0.1, 0.15) is 5.75 Å². The van der Waals surface area contributed by atoms with Crippen LogP contribution in [0.15, 0.2) is 54.6 Å². The van der Waals surface area contributed by atoms with Gasteiger partial charge in [-0.3, -0.25) is 14.9 Å². The molecule has 7 heteroatoms. The number of hydrogen-bond acceptors (Lipinski definition) is 5. The van der Waals surface area contributed by atoms with Crippen molar-refractivity contribution in [3.63, 3.8) is 0 Å². The smallest absolute Gasteiger partial charge is 0.270 e. The fourth-order valence-electron chi connectivity index (χ4n) is 3.07. The summed E-state index contributed by atoms with van der Waals surface area (Å²) in [6.45, 7) is 2.65. The molecule has 2 aromatic carbocycles. The number of nitrogens with zero attached hydrogens (tertiary/aromatic N) is 3. The molecule has 1 amide bonds. The molecule has 7 nitrogen and oxygen atoms in total. The van der Waals surface area contributed by atoms with E-state index in [-0.39, 0.29) is 11.6 Å². The van der Waals surface area contributed by atoms with E-state index in [0.29, 0.717) is 18.7 Å². The van der Waals surface area contributed by atoms with Gasteiger partial charge >= 0.3 is 0 Å². The second-order valence-electron chi connectivity index (χ2n) is 6.17. The predicted molar refractivity (Wildman–Crippen MR) is 104 cm³/mol. The van der Waals surface area contributed by atoms with E-state index in [1.807, 2.05) is 24.3 Å². The van der Waals surface area contributed by atoms with Crippen LogP contribution in [0, 0.1) is 10.1 Å². The summed E-state index contributed by atoms with van der Waals surface area (Å²) in [6.07, 6.45) is 3.08. The average molecular weight is 367 g/mol. The summed E-state index contributed by atoms with van der Waals surface area (Å²) in [5.74, 6) is 0.726. The van der Waals surface area contributed by atoms with Gasteiger partial charge in [0.2, 0.25) is 5.91 Å². The van der Waals surface area contributed by atoms with Crippen molar-refractivity contribution in [1.82, 2.24) is 4.90 Å². The second kappa shape index (κ2) is 8.35. The van der Waals surface area contributed by atoms with Gasteiger partial charge < -0.3 is 14.5 Å². The predicted octanol–water partition coefficient (Wildman–Crippen LogP) is 2.97. The number of rotatable bonds is 5. The molecular formula is C20H21N3O4. The van der Waals surface area contributed by atoms with Crippen molar-refractivity contribution >= 4 is 23.4 Å². The second-order valence-corrected chi connectivity index (χ2v) is 6.17. The van der Waals surface area contributed by atoms with Gasteiger partial charge in [-0.25, -0.2) is 0 Å². The molecule has 1 heterocycles. The normalized spacial score (nSPS) is 14.4. The van der Waals surface area contributed by atoms with E-state index in [0.717, 1.165) is 24.5 Å². The number of piperazine rings is 1. The molecule has 1 fully saturated rings. The van der Waals surface area contributed by atoms with Gasteiger partial charge in [0.15, 0.2) is 0 Å². The van der Waals surface area contributed by atoms with Gasteiger partial charge in [-0.1, -0.05) is 24.3 Å². The highest BCUT2D eigenvalue weighted by Crippen LogP contribution is 2.28. The van der Waals surface area contributed by atoms with Crippen molar-refractivity contribution in [3.8, 4) is 5.75 Å². The molecule has 1 saturated heterocycles. The Morgan fingerprint density at radius 3 is 2.56 bits per heavy atom. The topological polar surface area (TPSA) is 75.9 Å². The standard InChI is InChI=1S/C20H21N3O4/c1-27-19-8-3-2-7-18(19)21-11-13-22(14-12-21)20(24)10-9-16-5-4-6-17(15-16)23(25)26/h2-10,15H,11-14H2,1H3/b10-9-. The lowest BCUT2D eigenvalue weighted by Gasteiger charge is -2.36. The first-order valence-electron chi connectivity index (χ1n) is 8.68. The highest BCUT2D eigenvalue weighted by molar-refractivity contribution is 5.92. The summed E-state index contributed by atoms with van der Waals surface area (Å²) >= 11 is 0. The van der Waals surface area contributed by atoms with Crippen LogP contribution in [0.3, 0.4) is 0 Å². The van der Waals surface area contributed by atoms with Crippen LogP contribution in [0.5, 0.6) is 5.75 Å². The van der Waals surface area contributed by atoms with Crippen molar-refractivity contribution in [2.24, 2.45) is 0 Å². The number of carbonyl (C=O) groups is 1. The van der Waals surface area contributed by atoms with E-state index in [2.05, 4.69) is 4.90 Å². The van der Waals surface area contributed by atoms with Crippen LogP contribution in [-0.4, -0.2) is 49.0 Å². The molecule has 0 N–H and O–H groups in total. The maximum atomic E-state index is 12.4. The number of ether oxygens (including phenoxy) is 1. The van der Waals surface area contributed by atoms with Gasteiger partial charge in [0.05, 0.1) is 17.7 Å². The Bertz CT molecular complexity index is 858. The van der Waals surface area contributed by atoms with Crippen LogP contribution >= 0.6 is 0 Å². The Morgan fingerprint density at radius 1 is 1.11 bits per heavy atom. The maximum absolute atomic E-state index is 12.4. The Hall–Kier alpha value is -3.35. The van der Waals surface area contributed by atoms with E-state index < -0.39 is 4.92 Å². The quantitative estimate of drug-likeness (QED) is 0.461. The van der Waals surface area contributed by atoms with Crippen LogP contribution in [0.1, 0.15) is 5.56 Å². The molecule has 0 aromatic heterocycles. The molecule has 1 aliphatic heterocycles. The number of nitro benzene ring substituents is 1. The number of hydrogen-bond donors (Lipinski definition) is 0. The number of carbonyl (C=O) groups excluding carboxylic acids is 1. The van der Waals surface area contributed by atoms with Crippen molar-refractivity contribution in [2.75, 3.05) is 38.2 Å². The molecule has 0 spiro atoms. The third kappa shape index (κ3) is 4.44. The molecule has 0 atom stereocenters. The SMILES string of the molecule is COc1ccccc1N1CCN(C(=O)/C=C\c2cccc([N+](=O)[O-])c2)CC1. The zero-order valence-electron chi connectivity index (χ0n) is 15.1. The van der Waals surface area contributed by atoms with Gasteiger partial charge in [0.25, 0.3) is 5.69 Å². The van der Waals surface area contributed by atoms with Crippen molar-refractivity contribution in [3.05, 3.63) is 70.3 Å². The van der Waals surface area contributed by atoms with Gasteiger partial charge in [-0.05, 0) is 23.8 Å². The molecule has 0 unspecified atom stereocenters. The van der Waals surface area contributed by atoms with Gasteiger partial charge in [-0.15, -0.1) is 0 Å². The first kappa shape index (κ1) is 18.4. The largest absolute Gasteiger partial charge is 0.495 e. The summed E-state index contributed by atoms with van der Waals surface area (Å²) in [4.78, 5) is 26.8. The number of nitro groups is 1. The van der Waals surface area contributed by atoms with Crippen molar-refractivity contribution in [1.29, 1.82) is 0 Å². The zero-order chi connectivity index (χ0) is 19.2. The number of methoxy groups -OCH3 is 1. The highest BCUT2D eigenvalue weighted by Gasteiger charge is 2.21. The summed E-state index contributed by atoms with van der Waals surface area (Å²) < 4.78 is 5.41. The number of non-ortho nitro benzene ring substituents is 1. The van der Waals surface area contributed by atoms with Gasteiger partial charge in [-0.2, -0.15) is 0 Å². The Labute approximate surface area is 157 Å². The Morgan fingerprint density at radius 2 is 1.85 bits per heavy atom. The minimum absolute atomic E-state index is 0.00928. The first-order valence-corrected chi connectivity index (χ1v) is 8.68. The lowest BCUT2D eigenvalue weighted by Crippen LogP contribution is -2.48. The van der Waals surface area contributed by atoms with Crippen LogP contribution in [0.25, 0.3) is 6.08 Å². The van der Waals surface area contributed by atoms with Crippen LogP contribution in [0.2, 0.25) is 0 Å². The van der Waals surface area contributed by atoms with E-state index in [9.17, 15) is 14.9 Å². The van der Waals surface area contributed by atoms with E-state index in [1.54, 1.807) is 30.2 Å². The number of amides is 1. The lowest BCUT2D eigenvalue weighted by atomic mass is 10.2. The number of para-hydroxylation sites is 2. The van der Waals surface area contributed by atoms with Crippen LogP contribution in [0.4, 0.5) is 11.4 Å². The zero-order valence-corrected chi connectivity index (χ0v) is 15.1. The number of anilines is 1. The first-order chi connectivity index (χ1) is 13.1. The summed E-state index contributed by atoms with van der Waals surface area (Å²) in [5.41, 5.74) is 1.67. The van der Waals surface area contributed by atoms with Crippen LogP contribution in [-0.2, 0) is 4.79 Å². The van der Waals surface area contributed by atoms with E-state index in [4.69, 9.17) is 4.74 Å². The minimum Gasteiger partial charge on any atom is -0.495 e. The molecule has 27 heavy (non-hydrogen) atoms.